The van der Waals surface area contributed by atoms with Gasteiger partial charge in [-0.3, -0.25) is 9.78 Å². The minimum Gasteiger partial charge on any atom is -0.480 e. The van der Waals surface area contributed by atoms with E-state index in [1.165, 1.54) is 11.3 Å². The smallest absolute Gasteiger partial charge is 0.264 e. The van der Waals surface area contributed by atoms with Crippen LogP contribution in [0.4, 0.5) is 0 Å². The Labute approximate surface area is 197 Å². The second-order valence-corrected chi connectivity index (χ2v) is 8.77. The molecular weight excluding hydrogens is 436 g/mol. The number of aromatic nitrogens is 3. The molecule has 0 aliphatic heterocycles. The zero-order chi connectivity index (χ0) is 23.4. The van der Waals surface area contributed by atoms with E-state index in [0.29, 0.717) is 34.5 Å². The lowest BCUT2D eigenvalue weighted by molar-refractivity contribution is 0.0734. The number of rotatable bonds is 8. The summed E-state index contributed by atoms with van der Waals surface area (Å²) >= 11 is 1.36. The first kappa shape index (κ1) is 22.8. The predicted octanol–water partition coefficient (Wildman–Crippen LogP) is 4.70. The Morgan fingerprint density at radius 3 is 2.58 bits per heavy atom. The summed E-state index contributed by atoms with van der Waals surface area (Å²) in [4.78, 5) is 30.3. The highest BCUT2D eigenvalue weighted by Gasteiger charge is 2.25. The van der Waals surface area contributed by atoms with Crippen molar-refractivity contribution in [3.05, 3.63) is 81.7 Å². The number of hydrogen-bond donors (Lipinski definition) is 0. The van der Waals surface area contributed by atoms with Gasteiger partial charge in [0, 0.05) is 32.6 Å². The average molecular weight is 463 g/mol. The molecule has 0 spiro atoms. The van der Waals surface area contributed by atoms with E-state index in [4.69, 9.17) is 9.47 Å². The number of methoxy groups -OCH3 is 2. The third-order valence-electron chi connectivity index (χ3n) is 5.47. The first-order chi connectivity index (χ1) is 16.0. The maximum Gasteiger partial charge on any atom is 0.264 e. The second-order valence-electron chi connectivity index (χ2n) is 7.77. The average Bonchev–Trinajstić information content (AvgIpc) is 3.16. The molecule has 0 atom stereocenters. The minimum atomic E-state index is -0.0575. The van der Waals surface area contributed by atoms with Crippen molar-refractivity contribution in [1.29, 1.82) is 0 Å². The number of nitrogens with zero attached hydrogens (tertiary/aromatic N) is 4. The van der Waals surface area contributed by atoms with Crippen molar-refractivity contribution in [1.82, 2.24) is 19.9 Å². The highest BCUT2D eigenvalue weighted by molar-refractivity contribution is 7.20. The van der Waals surface area contributed by atoms with Crippen LogP contribution >= 0.6 is 11.3 Å². The van der Waals surface area contributed by atoms with Gasteiger partial charge >= 0.3 is 0 Å². The van der Waals surface area contributed by atoms with Gasteiger partial charge in [0.1, 0.15) is 11.4 Å². The molecule has 4 rings (SSSR count). The molecule has 0 bridgehead atoms. The summed E-state index contributed by atoms with van der Waals surface area (Å²) in [7, 11) is 3.17. The zero-order valence-corrected chi connectivity index (χ0v) is 20.0. The fourth-order valence-electron chi connectivity index (χ4n) is 3.74. The van der Waals surface area contributed by atoms with Gasteiger partial charge in [-0.15, -0.1) is 11.3 Å². The summed E-state index contributed by atoms with van der Waals surface area (Å²) in [6.45, 7) is 5.19. The van der Waals surface area contributed by atoms with Crippen LogP contribution in [-0.2, 0) is 24.4 Å². The van der Waals surface area contributed by atoms with Crippen molar-refractivity contribution < 1.29 is 14.3 Å². The number of aryl methyl sites for hydroxylation is 2. The van der Waals surface area contributed by atoms with Crippen LogP contribution in [0, 0.1) is 13.8 Å². The molecule has 4 aromatic rings. The number of carbonyl (C=O) groups is 1. The lowest BCUT2D eigenvalue weighted by Crippen LogP contribution is -2.30. The van der Waals surface area contributed by atoms with Crippen molar-refractivity contribution in [2.24, 2.45) is 0 Å². The lowest BCUT2D eigenvalue weighted by atomic mass is 10.1. The van der Waals surface area contributed by atoms with Gasteiger partial charge in [-0.1, -0.05) is 30.3 Å². The van der Waals surface area contributed by atoms with E-state index in [0.717, 1.165) is 27.6 Å². The SMILES string of the molecule is COCc1nc(OC)c2c(C)c(C(=O)N(Cc3cccnc3)Cc3ccccc3C)sc2n1. The van der Waals surface area contributed by atoms with Crippen LogP contribution in [0.2, 0.25) is 0 Å². The van der Waals surface area contributed by atoms with Crippen LogP contribution in [0.1, 0.15) is 37.7 Å². The van der Waals surface area contributed by atoms with Gasteiger partial charge in [-0.05, 0) is 42.2 Å². The van der Waals surface area contributed by atoms with Gasteiger partial charge in [-0.2, -0.15) is 4.98 Å². The van der Waals surface area contributed by atoms with Crippen molar-refractivity contribution in [2.45, 2.75) is 33.5 Å². The minimum absolute atomic E-state index is 0.0575. The third-order valence-corrected chi connectivity index (χ3v) is 6.64. The fraction of sp³-hybridized carbons (Fsp3) is 0.280. The topological polar surface area (TPSA) is 77.4 Å². The summed E-state index contributed by atoms with van der Waals surface area (Å²) < 4.78 is 10.7. The van der Waals surface area contributed by atoms with Gasteiger partial charge in [0.15, 0.2) is 5.82 Å². The Kier molecular flexibility index (Phi) is 6.96. The fourth-order valence-corrected chi connectivity index (χ4v) is 4.90. The molecule has 1 aromatic carbocycles. The molecule has 0 radical (unpaired) electrons. The third kappa shape index (κ3) is 4.86. The second kappa shape index (κ2) is 10.1. The maximum atomic E-state index is 13.9. The Bertz CT molecular complexity index is 1270. The molecule has 0 saturated carbocycles. The number of fused-ring (bicyclic) bond motifs is 1. The molecule has 0 N–H and O–H groups in total. The predicted molar refractivity (Wildman–Crippen MR) is 128 cm³/mol. The van der Waals surface area contributed by atoms with E-state index in [9.17, 15) is 4.79 Å². The summed E-state index contributed by atoms with van der Waals surface area (Å²) in [5, 5.41) is 0.767. The van der Waals surface area contributed by atoms with Crippen LogP contribution in [0.15, 0.2) is 48.8 Å². The number of hydrogen-bond acceptors (Lipinski definition) is 7. The van der Waals surface area contributed by atoms with Crippen LogP contribution < -0.4 is 4.74 Å². The Morgan fingerprint density at radius 2 is 1.88 bits per heavy atom. The number of carbonyl (C=O) groups excluding carboxylic acids is 1. The van der Waals surface area contributed by atoms with E-state index in [2.05, 4.69) is 34.0 Å². The number of benzene rings is 1. The molecule has 8 heteroatoms. The highest BCUT2D eigenvalue weighted by Crippen LogP contribution is 2.36. The molecule has 0 saturated heterocycles. The zero-order valence-electron chi connectivity index (χ0n) is 19.2. The Morgan fingerprint density at radius 1 is 1.06 bits per heavy atom. The highest BCUT2D eigenvalue weighted by atomic mass is 32.1. The van der Waals surface area contributed by atoms with Gasteiger partial charge in [0.2, 0.25) is 5.88 Å². The quantitative estimate of drug-likeness (QED) is 0.378. The Hall–Kier alpha value is -3.36. The van der Waals surface area contributed by atoms with E-state index >= 15 is 0 Å². The number of thiophene rings is 1. The molecule has 0 fully saturated rings. The van der Waals surface area contributed by atoms with Crippen molar-refractivity contribution >= 4 is 27.5 Å². The number of amides is 1. The number of pyridine rings is 1. The Balaban J connectivity index is 1.76. The van der Waals surface area contributed by atoms with Crippen molar-refractivity contribution in [3.63, 3.8) is 0 Å². The van der Waals surface area contributed by atoms with E-state index in [1.54, 1.807) is 26.6 Å². The van der Waals surface area contributed by atoms with Gasteiger partial charge in [-0.25, -0.2) is 4.98 Å². The lowest BCUT2D eigenvalue weighted by Gasteiger charge is -2.23. The molecule has 1 amide bonds. The number of ether oxygens (including phenoxy) is 2. The molecule has 0 unspecified atom stereocenters. The summed E-state index contributed by atoms with van der Waals surface area (Å²) in [5.74, 6) is 0.921. The summed E-state index contributed by atoms with van der Waals surface area (Å²) in [6.07, 6.45) is 3.52. The van der Waals surface area contributed by atoms with E-state index in [1.807, 2.05) is 36.1 Å². The van der Waals surface area contributed by atoms with Crippen LogP contribution in [0.3, 0.4) is 0 Å². The molecule has 170 valence electrons. The van der Waals surface area contributed by atoms with Gasteiger partial charge < -0.3 is 14.4 Å². The molecule has 7 nitrogen and oxygen atoms in total. The summed E-state index contributed by atoms with van der Waals surface area (Å²) in [5.41, 5.74) is 4.04. The van der Waals surface area contributed by atoms with E-state index in [-0.39, 0.29) is 12.5 Å². The van der Waals surface area contributed by atoms with Gasteiger partial charge in [0.25, 0.3) is 5.91 Å². The molecule has 3 aromatic heterocycles. The molecule has 33 heavy (non-hydrogen) atoms. The summed E-state index contributed by atoms with van der Waals surface area (Å²) in [6, 6.07) is 12.0. The standard InChI is InChI=1S/C25H26N4O3S/c1-16-8-5-6-10-19(16)14-29(13-18-9-7-11-26-12-18)25(30)22-17(2)21-23(32-4)27-20(15-31-3)28-24(21)33-22/h5-12H,13-15H2,1-4H3. The van der Waals surface area contributed by atoms with Crippen LogP contribution in [0.25, 0.3) is 10.2 Å². The van der Waals surface area contributed by atoms with Crippen LogP contribution in [0.5, 0.6) is 5.88 Å². The van der Waals surface area contributed by atoms with Gasteiger partial charge in [0.05, 0.1) is 17.4 Å². The monoisotopic (exact) mass is 462 g/mol. The van der Waals surface area contributed by atoms with Crippen molar-refractivity contribution in [2.75, 3.05) is 14.2 Å². The van der Waals surface area contributed by atoms with Crippen molar-refractivity contribution in [3.8, 4) is 5.88 Å². The molecule has 0 aliphatic carbocycles. The molecule has 3 heterocycles. The van der Waals surface area contributed by atoms with Crippen LogP contribution in [-0.4, -0.2) is 40.0 Å². The van der Waals surface area contributed by atoms with E-state index < -0.39 is 0 Å². The molecular formula is C25H26N4O3S. The first-order valence-corrected chi connectivity index (χ1v) is 11.4. The first-order valence-electron chi connectivity index (χ1n) is 10.6. The molecule has 0 aliphatic rings. The maximum absolute atomic E-state index is 13.9. The largest absolute Gasteiger partial charge is 0.480 e. The normalized spacial score (nSPS) is 11.0.